The Hall–Kier alpha value is -1.11. The summed E-state index contributed by atoms with van der Waals surface area (Å²) in [7, 11) is -2.13. The molecule has 0 aromatic rings. The SMILES string of the molecule is CN(CCC(=O)O)C(=O)CS(=O)(=O)C(C)(C)C. The van der Waals surface area contributed by atoms with Crippen molar-refractivity contribution < 1.29 is 23.1 Å². The second-order valence-electron chi connectivity index (χ2n) is 4.83. The molecule has 0 aliphatic rings. The van der Waals surface area contributed by atoms with Crippen LogP contribution < -0.4 is 0 Å². The minimum absolute atomic E-state index is 0.00777. The third-order valence-corrected chi connectivity index (χ3v) is 4.83. The fourth-order valence-electron chi connectivity index (χ4n) is 0.877. The van der Waals surface area contributed by atoms with Gasteiger partial charge in [0.05, 0.1) is 11.2 Å². The van der Waals surface area contributed by atoms with Gasteiger partial charge < -0.3 is 10.0 Å². The van der Waals surface area contributed by atoms with Crippen molar-refractivity contribution in [2.24, 2.45) is 0 Å². The number of sulfone groups is 1. The van der Waals surface area contributed by atoms with Crippen LogP contribution in [-0.4, -0.2) is 54.4 Å². The Balaban J connectivity index is 4.51. The van der Waals surface area contributed by atoms with Crippen LogP contribution in [-0.2, 0) is 19.4 Å². The number of nitrogens with zero attached hydrogens (tertiary/aromatic N) is 1. The molecule has 0 unspecified atom stereocenters. The Kier molecular flexibility index (Phi) is 5.12. The fourth-order valence-corrected chi connectivity index (χ4v) is 1.86. The summed E-state index contributed by atoms with van der Waals surface area (Å²) >= 11 is 0. The summed E-state index contributed by atoms with van der Waals surface area (Å²) in [5.74, 6) is -2.20. The molecule has 0 spiro atoms. The molecular weight excluding hydrogens is 246 g/mol. The molecule has 0 aromatic carbocycles. The quantitative estimate of drug-likeness (QED) is 0.763. The molecule has 17 heavy (non-hydrogen) atoms. The monoisotopic (exact) mass is 265 g/mol. The van der Waals surface area contributed by atoms with Crippen molar-refractivity contribution in [2.45, 2.75) is 31.9 Å². The molecule has 0 bridgehead atoms. The van der Waals surface area contributed by atoms with E-state index in [2.05, 4.69) is 0 Å². The third-order valence-electron chi connectivity index (χ3n) is 2.33. The lowest BCUT2D eigenvalue weighted by Gasteiger charge is -2.21. The van der Waals surface area contributed by atoms with E-state index in [1.807, 2.05) is 0 Å². The summed E-state index contributed by atoms with van der Waals surface area (Å²) in [4.78, 5) is 23.0. The number of rotatable bonds is 5. The van der Waals surface area contributed by atoms with Gasteiger partial charge in [0, 0.05) is 13.6 Å². The molecule has 0 aromatic heterocycles. The molecular formula is C10H19NO5S. The van der Waals surface area contributed by atoms with E-state index in [4.69, 9.17) is 5.11 Å². The summed E-state index contributed by atoms with van der Waals surface area (Å²) in [6.45, 7) is 4.57. The molecule has 0 rings (SSSR count). The first-order valence-corrected chi connectivity index (χ1v) is 6.80. The van der Waals surface area contributed by atoms with Gasteiger partial charge >= 0.3 is 5.97 Å². The number of hydrogen-bond acceptors (Lipinski definition) is 4. The molecule has 6 nitrogen and oxygen atoms in total. The van der Waals surface area contributed by atoms with Crippen LogP contribution in [0.3, 0.4) is 0 Å². The lowest BCUT2D eigenvalue weighted by Crippen LogP contribution is -2.39. The molecule has 0 aliphatic heterocycles. The Morgan fingerprint density at radius 2 is 1.71 bits per heavy atom. The average Bonchev–Trinajstić information content (AvgIpc) is 2.11. The van der Waals surface area contributed by atoms with Gasteiger partial charge in [-0.25, -0.2) is 8.42 Å². The second kappa shape index (κ2) is 5.48. The summed E-state index contributed by atoms with van der Waals surface area (Å²) in [6.07, 6.45) is -0.197. The Morgan fingerprint density at radius 3 is 2.06 bits per heavy atom. The summed E-state index contributed by atoms with van der Waals surface area (Å²) in [5.41, 5.74) is 0. The van der Waals surface area contributed by atoms with Gasteiger partial charge in [-0.15, -0.1) is 0 Å². The smallest absolute Gasteiger partial charge is 0.305 e. The van der Waals surface area contributed by atoms with E-state index in [1.54, 1.807) is 0 Å². The first-order valence-electron chi connectivity index (χ1n) is 5.15. The lowest BCUT2D eigenvalue weighted by molar-refractivity contribution is -0.137. The van der Waals surface area contributed by atoms with Gasteiger partial charge in [0.25, 0.3) is 0 Å². The molecule has 1 amide bonds. The molecule has 0 saturated heterocycles. The van der Waals surface area contributed by atoms with E-state index in [0.717, 1.165) is 4.90 Å². The third kappa shape index (κ3) is 5.16. The van der Waals surface area contributed by atoms with Gasteiger partial charge in [-0.2, -0.15) is 0 Å². The van der Waals surface area contributed by atoms with E-state index in [-0.39, 0.29) is 13.0 Å². The van der Waals surface area contributed by atoms with Gasteiger partial charge in [0.1, 0.15) is 5.75 Å². The van der Waals surface area contributed by atoms with Crippen LogP contribution in [0.5, 0.6) is 0 Å². The molecule has 100 valence electrons. The maximum absolute atomic E-state index is 11.7. The largest absolute Gasteiger partial charge is 0.481 e. The number of carboxylic acid groups (broad SMARTS) is 1. The van der Waals surface area contributed by atoms with E-state index in [1.165, 1.54) is 27.8 Å². The van der Waals surface area contributed by atoms with Crippen LogP contribution in [0.15, 0.2) is 0 Å². The van der Waals surface area contributed by atoms with Crippen molar-refractivity contribution in [1.29, 1.82) is 0 Å². The first kappa shape index (κ1) is 15.9. The zero-order valence-corrected chi connectivity index (χ0v) is 11.4. The minimum atomic E-state index is -3.52. The highest BCUT2D eigenvalue weighted by Gasteiger charge is 2.32. The molecule has 0 saturated carbocycles. The molecule has 7 heteroatoms. The number of aliphatic carboxylic acids is 1. The van der Waals surface area contributed by atoms with Crippen LogP contribution in [0.2, 0.25) is 0 Å². The van der Waals surface area contributed by atoms with Crippen molar-refractivity contribution >= 4 is 21.7 Å². The van der Waals surface area contributed by atoms with Crippen molar-refractivity contribution in [2.75, 3.05) is 19.3 Å². The van der Waals surface area contributed by atoms with Crippen LogP contribution >= 0.6 is 0 Å². The summed E-state index contributed by atoms with van der Waals surface area (Å²) < 4.78 is 22.5. The van der Waals surface area contributed by atoms with Crippen LogP contribution in [0.4, 0.5) is 0 Å². The number of carbonyl (C=O) groups excluding carboxylic acids is 1. The Bertz CT molecular complexity index is 393. The number of amides is 1. The maximum atomic E-state index is 11.7. The first-order chi connectivity index (χ1) is 7.47. The van der Waals surface area contributed by atoms with Gasteiger partial charge in [0.2, 0.25) is 5.91 Å². The van der Waals surface area contributed by atoms with Crippen molar-refractivity contribution in [3.8, 4) is 0 Å². The Labute approximate surface area is 102 Å². The maximum Gasteiger partial charge on any atom is 0.305 e. The van der Waals surface area contributed by atoms with E-state index in [0.29, 0.717) is 0 Å². The minimum Gasteiger partial charge on any atom is -0.481 e. The molecule has 0 atom stereocenters. The van der Waals surface area contributed by atoms with E-state index in [9.17, 15) is 18.0 Å². The van der Waals surface area contributed by atoms with Gasteiger partial charge in [-0.3, -0.25) is 9.59 Å². The van der Waals surface area contributed by atoms with Crippen LogP contribution in [0.1, 0.15) is 27.2 Å². The Morgan fingerprint density at radius 1 is 1.24 bits per heavy atom. The van der Waals surface area contributed by atoms with Crippen molar-refractivity contribution in [3.05, 3.63) is 0 Å². The zero-order chi connectivity index (χ0) is 13.9. The van der Waals surface area contributed by atoms with Crippen LogP contribution in [0.25, 0.3) is 0 Å². The van der Waals surface area contributed by atoms with Gasteiger partial charge in [-0.05, 0) is 20.8 Å². The molecule has 0 aliphatic carbocycles. The van der Waals surface area contributed by atoms with Crippen LogP contribution in [0, 0.1) is 0 Å². The second-order valence-corrected chi connectivity index (χ2v) is 7.57. The molecule has 0 heterocycles. The summed E-state index contributed by atoms with van der Waals surface area (Å²) in [5, 5.41) is 8.45. The van der Waals surface area contributed by atoms with Gasteiger partial charge in [0.15, 0.2) is 9.84 Å². The average molecular weight is 265 g/mol. The predicted octanol–water partition coefficient (Wildman–Crippen LogP) is 0.133. The zero-order valence-electron chi connectivity index (χ0n) is 10.6. The molecule has 1 N–H and O–H groups in total. The van der Waals surface area contributed by atoms with E-state index < -0.39 is 32.2 Å². The summed E-state index contributed by atoms with van der Waals surface area (Å²) in [6, 6.07) is 0. The molecule has 0 radical (unpaired) electrons. The highest BCUT2D eigenvalue weighted by atomic mass is 32.2. The van der Waals surface area contributed by atoms with E-state index >= 15 is 0 Å². The standard InChI is InChI=1S/C10H19NO5S/c1-10(2,3)17(15,16)7-8(12)11(4)6-5-9(13)14/h5-7H2,1-4H3,(H,13,14). The van der Waals surface area contributed by atoms with Gasteiger partial charge in [-0.1, -0.05) is 0 Å². The van der Waals surface area contributed by atoms with Crippen molar-refractivity contribution in [3.63, 3.8) is 0 Å². The van der Waals surface area contributed by atoms with Crippen molar-refractivity contribution in [1.82, 2.24) is 4.90 Å². The predicted molar refractivity (Wildman–Crippen MR) is 63.4 cm³/mol. The highest BCUT2D eigenvalue weighted by Crippen LogP contribution is 2.16. The molecule has 0 fully saturated rings. The number of carbonyl (C=O) groups is 2. The topological polar surface area (TPSA) is 91.8 Å². The number of hydrogen-bond donors (Lipinski definition) is 1. The normalized spacial score (nSPS) is 12.2. The lowest BCUT2D eigenvalue weighted by atomic mass is 10.3. The fraction of sp³-hybridized carbons (Fsp3) is 0.800. The highest BCUT2D eigenvalue weighted by molar-refractivity contribution is 7.93. The number of carboxylic acids is 1.